The fourth-order valence-electron chi connectivity index (χ4n) is 2.52. The normalized spacial score (nSPS) is 17.2. The summed E-state index contributed by atoms with van der Waals surface area (Å²) in [6.07, 6.45) is 2.83. The maximum Gasteiger partial charge on any atom is 0.326 e. The molecule has 1 unspecified atom stereocenters. The lowest BCUT2D eigenvalue weighted by Crippen LogP contribution is -2.40. The maximum absolute atomic E-state index is 12.3. The first-order chi connectivity index (χ1) is 11.3. The molecule has 1 aliphatic rings. The average molecular weight is 352 g/mol. The van der Waals surface area contributed by atoms with Gasteiger partial charge in [-0.15, -0.1) is 6.58 Å². The molecule has 1 fully saturated rings. The van der Waals surface area contributed by atoms with Crippen molar-refractivity contribution in [3.05, 3.63) is 42.5 Å². The Hall–Kier alpha value is -2.35. The van der Waals surface area contributed by atoms with Gasteiger partial charge < -0.3 is 10.4 Å². The zero-order valence-corrected chi connectivity index (χ0v) is 14.0. The van der Waals surface area contributed by atoms with Gasteiger partial charge in [0.2, 0.25) is 10.0 Å². The summed E-state index contributed by atoms with van der Waals surface area (Å²) in [5, 5.41) is 11.6. The molecule has 1 aromatic carbocycles. The molecule has 130 valence electrons. The van der Waals surface area contributed by atoms with E-state index in [4.69, 9.17) is 5.11 Å². The van der Waals surface area contributed by atoms with Crippen LogP contribution in [0.5, 0.6) is 0 Å². The number of carbonyl (C=O) groups excluding carboxylic acids is 1. The van der Waals surface area contributed by atoms with Crippen LogP contribution in [0.15, 0.2) is 36.9 Å². The summed E-state index contributed by atoms with van der Waals surface area (Å²) in [5.41, 5.74) is 0.637. The predicted molar refractivity (Wildman–Crippen MR) is 90.5 cm³/mol. The van der Waals surface area contributed by atoms with Crippen LogP contribution in [-0.2, 0) is 14.8 Å². The van der Waals surface area contributed by atoms with Crippen LogP contribution in [0.4, 0.5) is 5.69 Å². The number of hydrogen-bond donors (Lipinski definition) is 2. The number of carboxylic acid groups (broad SMARTS) is 1. The van der Waals surface area contributed by atoms with Crippen LogP contribution in [-0.4, -0.2) is 43.7 Å². The van der Waals surface area contributed by atoms with E-state index >= 15 is 0 Å². The number of hydrogen-bond acceptors (Lipinski definition) is 4. The highest BCUT2D eigenvalue weighted by atomic mass is 32.2. The molecule has 0 aliphatic carbocycles. The van der Waals surface area contributed by atoms with Gasteiger partial charge in [-0.25, -0.2) is 13.2 Å². The first kappa shape index (κ1) is 18.0. The molecule has 8 heteroatoms. The minimum atomic E-state index is -3.33. The van der Waals surface area contributed by atoms with Gasteiger partial charge >= 0.3 is 5.97 Å². The zero-order chi connectivity index (χ0) is 17.7. The number of amides is 1. The van der Waals surface area contributed by atoms with Gasteiger partial charge in [-0.05, 0) is 37.5 Å². The molecule has 1 saturated heterocycles. The largest absolute Gasteiger partial charge is 0.480 e. The Balaban J connectivity index is 2.17. The molecule has 2 rings (SSSR count). The number of nitrogens with one attached hydrogen (secondary N) is 1. The first-order valence-electron chi connectivity index (χ1n) is 7.60. The fraction of sp³-hybridized carbons (Fsp3) is 0.375. The number of rotatable bonds is 7. The number of anilines is 1. The van der Waals surface area contributed by atoms with Crippen LogP contribution in [0.2, 0.25) is 0 Å². The Bertz CT molecular complexity index is 745. The number of allylic oxidation sites excluding steroid dienone is 1. The molecule has 0 radical (unpaired) electrons. The van der Waals surface area contributed by atoms with Gasteiger partial charge in [0, 0.05) is 12.1 Å². The summed E-state index contributed by atoms with van der Waals surface area (Å²) in [4.78, 5) is 23.5. The highest BCUT2D eigenvalue weighted by Gasteiger charge is 2.29. The molecule has 1 aliphatic heterocycles. The molecule has 2 N–H and O–H groups in total. The van der Waals surface area contributed by atoms with E-state index in [1.807, 2.05) is 0 Å². The van der Waals surface area contributed by atoms with Gasteiger partial charge in [-0.1, -0.05) is 12.1 Å². The van der Waals surface area contributed by atoms with Crippen molar-refractivity contribution in [2.24, 2.45) is 0 Å². The van der Waals surface area contributed by atoms with Gasteiger partial charge in [0.05, 0.1) is 11.4 Å². The number of carbonyl (C=O) groups is 2. The Morgan fingerprint density at radius 1 is 1.42 bits per heavy atom. The van der Waals surface area contributed by atoms with Gasteiger partial charge in [0.25, 0.3) is 5.91 Å². The van der Waals surface area contributed by atoms with Crippen molar-refractivity contribution < 1.29 is 23.1 Å². The minimum Gasteiger partial charge on any atom is -0.480 e. The quantitative estimate of drug-likeness (QED) is 0.722. The summed E-state index contributed by atoms with van der Waals surface area (Å²) >= 11 is 0. The third-order valence-electron chi connectivity index (χ3n) is 3.76. The Morgan fingerprint density at radius 3 is 2.75 bits per heavy atom. The summed E-state index contributed by atoms with van der Waals surface area (Å²) in [6.45, 7) is 3.91. The molecular formula is C16H20N2O5S. The third-order valence-corrected chi connectivity index (χ3v) is 5.63. The molecule has 0 bridgehead atoms. The summed E-state index contributed by atoms with van der Waals surface area (Å²) in [7, 11) is -3.33. The van der Waals surface area contributed by atoms with Gasteiger partial charge in [0.1, 0.15) is 6.04 Å². The number of aliphatic carboxylic acids is 1. The van der Waals surface area contributed by atoms with E-state index in [1.54, 1.807) is 18.2 Å². The average Bonchev–Trinajstić information content (AvgIpc) is 2.90. The molecule has 1 heterocycles. The Kier molecular flexibility index (Phi) is 5.61. The van der Waals surface area contributed by atoms with Gasteiger partial charge in [-0.3, -0.25) is 9.10 Å². The van der Waals surface area contributed by atoms with E-state index in [1.165, 1.54) is 16.4 Å². The third kappa shape index (κ3) is 4.14. The molecule has 0 aromatic heterocycles. The van der Waals surface area contributed by atoms with Crippen molar-refractivity contribution in [2.75, 3.05) is 16.6 Å². The molecule has 7 nitrogen and oxygen atoms in total. The lowest BCUT2D eigenvalue weighted by atomic mass is 10.1. The Labute approximate surface area is 141 Å². The number of sulfonamides is 1. The smallest absolute Gasteiger partial charge is 0.326 e. The lowest BCUT2D eigenvalue weighted by Gasteiger charge is -2.18. The second kappa shape index (κ2) is 7.48. The molecule has 24 heavy (non-hydrogen) atoms. The van der Waals surface area contributed by atoms with E-state index in [-0.39, 0.29) is 17.7 Å². The van der Waals surface area contributed by atoms with E-state index in [2.05, 4.69) is 11.9 Å². The summed E-state index contributed by atoms with van der Waals surface area (Å²) in [5.74, 6) is -1.58. The van der Waals surface area contributed by atoms with Crippen LogP contribution in [0.25, 0.3) is 0 Å². The van der Waals surface area contributed by atoms with Crippen molar-refractivity contribution in [3.63, 3.8) is 0 Å². The minimum absolute atomic E-state index is 0.0894. The van der Waals surface area contributed by atoms with Crippen molar-refractivity contribution in [3.8, 4) is 0 Å². The molecule has 0 spiro atoms. The number of benzene rings is 1. The van der Waals surface area contributed by atoms with Crippen LogP contribution in [0, 0.1) is 0 Å². The maximum atomic E-state index is 12.3. The molecular weight excluding hydrogens is 332 g/mol. The van der Waals surface area contributed by atoms with Crippen LogP contribution in [0.1, 0.15) is 29.6 Å². The highest BCUT2D eigenvalue weighted by molar-refractivity contribution is 7.93. The van der Waals surface area contributed by atoms with Crippen molar-refractivity contribution in [1.82, 2.24) is 5.32 Å². The number of nitrogens with zero attached hydrogens (tertiary/aromatic N) is 1. The van der Waals surface area contributed by atoms with Crippen molar-refractivity contribution in [2.45, 2.75) is 25.3 Å². The second-order valence-electron chi connectivity index (χ2n) is 5.52. The highest BCUT2D eigenvalue weighted by Crippen LogP contribution is 2.24. The van der Waals surface area contributed by atoms with Crippen molar-refractivity contribution in [1.29, 1.82) is 0 Å². The topological polar surface area (TPSA) is 104 Å². The lowest BCUT2D eigenvalue weighted by molar-refractivity contribution is -0.139. The fourth-order valence-corrected chi connectivity index (χ4v) is 4.07. The second-order valence-corrected chi connectivity index (χ2v) is 7.54. The Morgan fingerprint density at radius 2 is 2.17 bits per heavy atom. The zero-order valence-electron chi connectivity index (χ0n) is 13.1. The summed E-state index contributed by atoms with van der Waals surface area (Å²) < 4.78 is 25.2. The first-order valence-corrected chi connectivity index (χ1v) is 9.21. The SMILES string of the molecule is C=CCCC(NC(=O)c1cccc(N2CCCS2(=O)=O)c1)C(=O)O. The monoisotopic (exact) mass is 352 g/mol. The molecule has 0 saturated carbocycles. The van der Waals surface area contributed by atoms with Gasteiger partial charge in [-0.2, -0.15) is 0 Å². The van der Waals surface area contributed by atoms with E-state index in [0.717, 1.165) is 0 Å². The standard InChI is InChI=1S/C16H20N2O5S/c1-2-3-8-14(16(20)21)17-15(19)12-6-4-7-13(11-12)18-9-5-10-24(18,22)23/h2,4,6-7,11,14H,1,3,5,8-10H2,(H,17,19)(H,20,21). The number of carboxylic acids is 1. The van der Waals surface area contributed by atoms with Crippen LogP contribution >= 0.6 is 0 Å². The van der Waals surface area contributed by atoms with Crippen LogP contribution < -0.4 is 9.62 Å². The predicted octanol–water partition coefficient (Wildman–Crippen LogP) is 1.38. The molecule has 1 atom stereocenters. The van der Waals surface area contributed by atoms with Gasteiger partial charge in [0.15, 0.2) is 0 Å². The van der Waals surface area contributed by atoms with E-state index in [0.29, 0.717) is 25.1 Å². The van der Waals surface area contributed by atoms with Crippen LogP contribution in [0.3, 0.4) is 0 Å². The van der Waals surface area contributed by atoms with E-state index < -0.39 is 27.9 Å². The molecule has 1 aromatic rings. The van der Waals surface area contributed by atoms with Crippen molar-refractivity contribution >= 4 is 27.6 Å². The molecule has 1 amide bonds. The summed E-state index contributed by atoms with van der Waals surface area (Å²) in [6, 6.07) is 5.16. The van der Waals surface area contributed by atoms with E-state index in [9.17, 15) is 18.0 Å².